The fourth-order valence-corrected chi connectivity index (χ4v) is 1.54. The van der Waals surface area contributed by atoms with Crippen LogP contribution in [0.15, 0.2) is 10.7 Å². The number of hydrogen-bond acceptors (Lipinski definition) is 5. The van der Waals surface area contributed by atoms with Gasteiger partial charge in [-0.3, -0.25) is 4.79 Å². The number of carbonyl (C=O) groups is 1. The number of nitrogens with zero attached hydrogens (tertiary/aromatic N) is 3. The van der Waals surface area contributed by atoms with Crippen molar-refractivity contribution in [3.05, 3.63) is 10.7 Å². The Morgan fingerprint density at radius 2 is 2.19 bits per heavy atom. The Kier molecular flexibility index (Phi) is 4.05. The summed E-state index contributed by atoms with van der Waals surface area (Å²) in [5.74, 6) is 0.616. The van der Waals surface area contributed by atoms with E-state index in [0.717, 1.165) is 0 Å². The van der Waals surface area contributed by atoms with Gasteiger partial charge in [0, 0.05) is 20.2 Å². The summed E-state index contributed by atoms with van der Waals surface area (Å²) in [7, 11) is 3.38. The number of carbonyl (C=O) groups excluding carboxylic acids is 1. The Morgan fingerprint density at radius 1 is 1.56 bits per heavy atom. The van der Waals surface area contributed by atoms with Crippen LogP contribution < -0.4 is 11.1 Å². The average molecular weight is 288 g/mol. The molecule has 1 heterocycles. The number of hydrogen-bond donors (Lipinski definition) is 2. The normalized spacial score (nSPS) is 12.0. The molecule has 0 bridgehead atoms. The lowest BCUT2D eigenvalue weighted by molar-refractivity contribution is -0.129. The van der Waals surface area contributed by atoms with Gasteiger partial charge in [0.1, 0.15) is 16.5 Å². The van der Waals surface area contributed by atoms with Gasteiger partial charge >= 0.3 is 0 Å². The van der Waals surface area contributed by atoms with E-state index in [0.29, 0.717) is 16.4 Å². The predicted octanol–water partition coefficient (Wildman–Crippen LogP) is 0.710. The van der Waals surface area contributed by atoms with Gasteiger partial charge in [-0.2, -0.15) is 4.98 Å². The molecule has 88 valence electrons. The number of nitrogens with one attached hydrogen (secondary N) is 1. The predicted molar refractivity (Wildman–Crippen MR) is 65.9 cm³/mol. The maximum Gasteiger partial charge on any atom is 0.244 e. The van der Waals surface area contributed by atoms with Gasteiger partial charge in [-0.15, -0.1) is 0 Å². The van der Waals surface area contributed by atoms with E-state index in [2.05, 4.69) is 31.2 Å². The smallest absolute Gasteiger partial charge is 0.244 e. The molecule has 1 amide bonds. The second kappa shape index (κ2) is 5.11. The lowest BCUT2D eigenvalue weighted by Crippen LogP contribution is -2.37. The molecule has 1 unspecified atom stereocenters. The molecule has 1 atom stereocenters. The van der Waals surface area contributed by atoms with Gasteiger partial charge in [-0.05, 0) is 22.9 Å². The zero-order valence-electron chi connectivity index (χ0n) is 9.36. The van der Waals surface area contributed by atoms with Crippen molar-refractivity contribution in [2.24, 2.45) is 0 Å². The van der Waals surface area contributed by atoms with Crippen LogP contribution >= 0.6 is 15.9 Å². The number of anilines is 2. The van der Waals surface area contributed by atoms with Crippen LogP contribution in [0.3, 0.4) is 0 Å². The van der Waals surface area contributed by atoms with Crippen molar-refractivity contribution in [1.29, 1.82) is 0 Å². The Balaban J connectivity index is 2.76. The molecule has 0 saturated heterocycles. The van der Waals surface area contributed by atoms with E-state index in [-0.39, 0.29) is 5.91 Å². The SMILES string of the molecule is CC(Nc1nc(N)cc(Br)n1)C(=O)N(C)C. The lowest BCUT2D eigenvalue weighted by atomic mass is 10.3. The molecule has 0 aromatic carbocycles. The molecular weight excluding hydrogens is 274 g/mol. The molecule has 16 heavy (non-hydrogen) atoms. The average Bonchev–Trinajstić information content (AvgIpc) is 2.14. The second-order valence-electron chi connectivity index (χ2n) is 3.54. The molecule has 0 aliphatic heterocycles. The molecular formula is C9H14BrN5O. The maximum absolute atomic E-state index is 11.6. The van der Waals surface area contributed by atoms with Gasteiger partial charge in [0.2, 0.25) is 11.9 Å². The molecule has 1 rings (SSSR count). The highest BCUT2D eigenvalue weighted by molar-refractivity contribution is 9.10. The number of nitrogen functional groups attached to an aromatic ring is 1. The van der Waals surface area contributed by atoms with Crippen LogP contribution in [-0.2, 0) is 4.79 Å². The minimum Gasteiger partial charge on any atom is -0.383 e. The molecule has 0 fully saturated rings. The summed E-state index contributed by atoms with van der Waals surface area (Å²) in [6.45, 7) is 1.74. The number of likely N-dealkylation sites (N-methyl/N-ethyl adjacent to an activating group) is 1. The van der Waals surface area contributed by atoms with Gasteiger partial charge in [-0.1, -0.05) is 0 Å². The third kappa shape index (κ3) is 3.34. The first kappa shape index (κ1) is 12.7. The third-order valence-corrected chi connectivity index (χ3v) is 2.28. The van der Waals surface area contributed by atoms with Crippen molar-refractivity contribution in [3.63, 3.8) is 0 Å². The standard InChI is InChI=1S/C9H14BrN5O/c1-5(8(16)15(2)3)12-9-13-6(10)4-7(11)14-9/h4-5H,1-3H3,(H3,11,12,13,14). The molecule has 1 aromatic heterocycles. The lowest BCUT2D eigenvalue weighted by Gasteiger charge is -2.17. The molecule has 0 radical (unpaired) electrons. The minimum atomic E-state index is -0.399. The Labute approximate surface area is 102 Å². The summed E-state index contributed by atoms with van der Waals surface area (Å²) < 4.78 is 0.576. The van der Waals surface area contributed by atoms with Gasteiger partial charge in [-0.25, -0.2) is 4.98 Å². The zero-order chi connectivity index (χ0) is 12.3. The van der Waals surface area contributed by atoms with Crippen molar-refractivity contribution >= 4 is 33.6 Å². The Bertz CT molecular complexity index is 375. The van der Waals surface area contributed by atoms with Gasteiger partial charge in [0.25, 0.3) is 0 Å². The third-order valence-electron chi connectivity index (χ3n) is 1.87. The summed E-state index contributed by atoms with van der Waals surface area (Å²) >= 11 is 3.20. The largest absolute Gasteiger partial charge is 0.383 e. The first-order chi connectivity index (χ1) is 7.40. The maximum atomic E-state index is 11.6. The first-order valence-electron chi connectivity index (χ1n) is 4.68. The van der Waals surface area contributed by atoms with Crippen LogP contribution in [0.4, 0.5) is 11.8 Å². The fourth-order valence-electron chi connectivity index (χ4n) is 1.14. The van der Waals surface area contributed by atoms with E-state index in [4.69, 9.17) is 5.73 Å². The van der Waals surface area contributed by atoms with Crippen LogP contribution in [0.2, 0.25) is 0 Å². The highest BCUT2D eigenvalue weighted by Gasteiger charge is 2.15. The summed E-state index contributed by atoms with van der Waals surface area (Å²) in [5, 5.41) is 2.88. The van der Waals surface area contributed by atoms with Crippen molar-refractivity contribution < 1.29 is 4.79 Å². The number of amides is 1. The monoisotopic (exact) mass is 287 g/mol. The van der Waals surface area contributed by atoms with E-state index in [1.54, 1.807) is 27.1 Å². The van der Waals surface area contributed by atoms with Crippen LogP contribution in [0, 0.1) is 0 Å². The van der Waals surface area contributed by atoms with Gasteiger partial charge in [0.15, 0.2) is 0 Å². The summed E-state index contributed by atoms with van der Waals surface area (Å²) in [5.41, 5.74) is 5.55. The summed E-state index contributed by atoms with van der Waals surface area (Å²) in [6, 6.07) is 1.19. The van der Waals surface area contributed by atoms with Crippen molar-refractivity contribution in [3.8, 4) is 0 Å². The highest BCUT2D eigenvalue weighted by atomic mass is 79.9. The number of rotatable bonds is 3. The number of nitrogens with two attached hydrogens (primary N) is 1. The second-order valence-corrected chi connectivity index (χ2v) is 4.35. The van der Waals surface area contributed by atoms with E-state index >= 15 is 0 Å². The Hall–Kier alpha value is -1.37. The summed E-state index contributed by atoms with van der Waals surface area (Å²) in [4.78, 5) is 21.1. The van der Waals surface area contributed by atoms with Gasteiger partial charge in [0.05, 0.1) is 0 Å². The highest BCUT2D eigenvalue weighted by Crippen LogP contribution is 2.13. The molecule has 7 heteroatoms. The van der Waals surface area contributed by atoms with Gasteiger partial charge < -0.3 is 16.0 Å². The fraction of sp³-hybridized carbons (Fsp3) is 0.444. The van der Waals surface area contributed by atoms with Crippen LogP contribution in [0.1, 0.15) is 6.92 Å². The molecule has 6 nitrogen and oxygen atoms in total. The quantitative estimate of drug-likeness (QED) is 0.800. The minimum absolute atomic E-state index is 0.0536. The topological polar surface area (TPSA) is 84.1 Å². The molecule has 0 aliphatic rings. The Morgan fingerprint density at radius 3 is 2.69 bits per heavy atom. The van der Waals surface area contributed by atoms with Crippen molar-refractivity contribution in [2.75, 3.05) is 25.1 Å². The van der Waals surface area contributed by atoms with E-state index < -0.39 is 6.04 Å². The van der Waals surface area contributed by atoms with Crippen molar-refractivity contribution in [1.82, 2.24) is 14.9 Å². The molecule has 3 N–H and O–H groups in total. The first-order valence-corrected chi connectivity index (χ1v) is 5.47. The number of aromatic nitrogens is 2. The van der Waals surface area contributed by atoms with Crippen molar-refractivity contribution in [2.45, 2.75) is 13.0 Å². The number of halogens is 1. The van der Waals surface area contributed by atoms with E-state index in [1.807, 2.05) is 0 Å². The van der Waals surface area contributed by atoms with Crippen LogP contribution in [0.25, 0.3) is 0 Å². The molecule has 1 aromatic rings. The van der Waals surface area contributed by atoms with E-state index in [1.165, 1.54) is 4.90 Å². The summed E-state index contributed by atoms with van der Waals surface area (Å²) in [6.07, 6.45) is 0. The molecule has 0 spiro atoms. The van der Waals surface area contributed by atoms with Crippen LogP contribution in [0.5, 0.6) is 0 Å². The molecule has 0 aliphatic carbocycles. The van der Waals surface area contributed by atoms with Crippen LogP contribution in [-0.4, -0.2) is 40.9 Å². The zero-order valence-corrected chi connectivity index (χ0v) is 10.9. The van der Waals surface area contributed by atoms with E-state index in [9.17, 15) is 4.79 Å². The molecule has 0 saturated carbocycles.